The van der Waals surface area contributed by atoms with E-state index in [2.05, 4.69) is 6.07 Å². The summed E-state index contributed by atoms with van der Waals surface area (Å²) >= 11 is 0. The smallest absolute Gasteiger partial charge is 0.126 e. The first-order valence-corrected chi connectivity index (χ1v) is 5.72. The number of fused-ring (bicyclic) bond motifs is 2. The van der Waals surface area contributed by atoms with E-state index in [9.17, 15) is 10.2 Å². The van der Waals surface area contributed by atoms with Crippen LogP contribution >= 0.6 is 0 Å². The Morgan fingerprint density at radius 1 is 0.938 bits per heavy atom. The van der Waals surface area contributed by atoms with Crippen molar-refractivity contribution in [3.63, 3.8) is 0 Å². The van der Waals surface area contributed by atoms with Gasteiger partial charge < -0.3 is 10.2 Å². The molecule has 0 aliphatic heterocycles. The second-order valence-corrected chi connectivity index (χ2v) is 4.48. The minimum atomic E-state index is 0.252. The first-order chi connectivity index (χ1) is 7.75. The van der Waals surface area contributed by atoms with Gasteiger partial charge in [-0.15, -0.1) is 0 Å². The Morgan fingerprint density at radius 3 is 2.62 bits per heavy atom. The lowest BCUT2D eigenvalue weighted by Gasteiger charge is -2.18. The molecule has 82 valence electrons. The van der Waals surface area contributed by atoms with Gasteiger partial charge in [-0.2, -0.15) is 0 Å². The van der Waals surface area contributed by atoms with E-state index in [1.54, 1.807) is 18.2 Å². The van der Waals surface area contributed by atoms with E-state index < -0.39 is 0 Å². The minimum Gasteiger partial charge on any atom is -0.508 e. The highest BCUT2D eigenvalue weighted by Crippen LogP contribution is 2.37. The Morgan fingerprint density at radius 2 is 1.75 bits per heavy atom. The zero-order valence-electron chi connectivity index (χ0n) is 9.03. The van der Waals surface area contributed by atoms with E-state index in [0.717, 1.165) is 35.6 Å². The largest absolute Gasteiger partial charge is 0.508 e. The van der Waals surface area contributed by atoms with Crippen molar-refractivity contribution in [2.24, 2.45) is 0 Å². The zero-order valence-corrected chi connectivity index (χ0v) is 9.03. The van der Waals surface area contributed by atoms with E-state index >= 15 is 0 Å². The normalized spacial score (nSPS) is 15.0. The lowest BCUT2D eigenvalue weighted by atomic mass is 9.88. The predicted octanol–water partition coefficient (Wildman–Crippen LogP) is 3.13. The molecule has 1 aliphatic carbocycles. The van der Waals surface area contributed by atoms with Crippen LogP contribution in [-0.2, 0) is 12.8 Å². The van der Waals surface area contributed by atoms with E-state index in [0.29, 0.717) is 5.75 Å². The van der Waals surface area contributed by atoms with Crippen LogP contribution in [-0.4, -0.2) is 10.2 Å². The van der Waals surface area contributed by atoms with Crippen molar-refractivity contribution in [2.75, 3.05) is 0 Å². The molecule has 0 radical (unpaired) electrons. The summed E-state index contributed by atoms with van der Waals surface area (Å²) < 4.78 is 0. The predicted molar refractivity (Wildman–Crippen MR) is 63.9 cm³/mol. The first kappa shape index (κ1) is 9.52. The molecule has 1 aliphatic rings. The van der Waals surface area contributed by atoms with Crippen LogP contribution in [0, 0.1) is 0 Å². The summed E-state index contributed by atoms with van der Waals surface area (Å²) in [5.74, 6) is 0.662. The van der Waals surface area contributed by atoms with Gasteiger partial charge in [-0.05, 0) is 60.4 Å². The summed E-state index contributed by atoms with van der Waals surface area (Å²) in [5, 5.41) is 21.4. The molecule has 16 heavy (non-hydrogen) atoms. The van der Waals surface area contributed by atoms with Crippen molar-refractivity contribution >= 4 is 10.8 Å². The molecule has 2 nitrogen and oxygen atoms in total. The fraction of sp³-hybridized carbons (Fsp3) is 0.286. The molecule has 3 rings (SSSR count). The molecule has 2 heteroatoms. The van der Waals surface area contributed by atoms with E-state index in [1.165, 1.54) is 12.0 Å². The van der Waals surface area contributed by atoms with Crippen LogP contribution in [0.25, 0.3) is 10.8 Å². The van der Waals surface area contributed by atoms with Gasteiger partial charge in [0, 0.05) is 5.39 Å². The number of benzene rings is 2. The Hall–Kier alpha value is -1.70. The minimum absolute atomic E-state index is 0.252. The van der Waals surface area contributed by atoms with Gasteiger partial charge in [0.05, 0.1) is 0 Å². The number of aromatic hydroxyl groups is 2. The van der Waals surface area contributed by atoms with E-state index in [1.807, 2.05) is 0 Å². The molecular weight excluding hydrogens is 200 g/mol. The standard InChI is InChI=1S/C14H14O2/c15-11-5-6-13-10(8-11)7-9-3-1-2-4-12(9)14(13)16/h5-8,15-16H,1-4H2. The topological polar surface area (TPSA) is 40.5 Å². The summed E-state index contributed by atoms with van der Waals surface area (Å²) in [6.45, 7) is 0. The monoisotopic (exact) mass is 214 g/mol. The Labute approximate surface area is 94.2 Å². The van der Waals surface area contributed by atoms with Crippen molar-refractivity contribution in [1.82, 2.24) is 0 Å². The molecule has 2 aromatic carbocycles. The molecule has 0 saturated carbocycles. The number of phenols is 2. The van der Waals surface area contributed by atoms with Crippen LogP contribution < -0.4 is 0 Å². The van der Waals surface area contributed by atoms with E-state index in [4.69, 9.17) is 0 Å². The third-order valence-corrected chi connectivity index (χ3v) is 3.42. The molecule has 2 aromatic rings. The van der Waals surface area contributed by atoms with Gasteiger partial charge in [0.2, 0.25) is 0 Å². The van der Waals surface area contributed by atoms with Crippen molar-refractivity contribution in [1.29, 1.82) is 0 Å². The number of phenolic OH excluding ortho intramolecular Hbond substituents is 2. The molecule has 0 fully saturated rings. The van der Waals surface area contributed by atoms with Gasteiger partial charge >= 0.3 is 0 Å². The molecule has 0 heterocycles. The number of hydrogen-bond donors (Lipinski definition) is 2. The number of aryl methyl sites for hydroxylation is 1. The molecular formula is C14H14O2. The van der Waals surface area contributed by atoms with Gasteiger partial charge in [0.15, 0.2) is 0 Å². The molecule has 0 saturated heterocycles. The summed E-state index contributed by atoms with van der Waals surface area (Å²) in [6, 6.07) is 7.22. The van der Waals surface area contributed by atoms with Crippen LogP contribution in [0.15, 0.2) is 24.3 Å². The lowest BCUT2D eigenvalue weighted by Crippen LogP contribution is -2.02. The van der Waals surface area contributed by atoms with Gasteiger partial charge in [0.25, 0.3) is 0 Å². The molecule has 0 aromatic heterocycles. The molecule has 0 atom stereocenters. The Bertz CT molecular complexity index is 558. The average Bonchev–Trinajstić information content (AvgIpc) is 2.29. The fourth-order valence-corrected chi connectivity index (χ4v) is 2.59. The fourth-order valence-electron chi connectivity index (χ4n) is 2.59. The van der Waals surface area contributed by atoms with Crippen LogP contribution in [0.4, 0.5) is 0 Å². The maximum Gasteiger partial charge on any atom is 0.126 e. The second-order valence-electron chi connectivity index (χ2n) is 4.48. The quantitative estimate of drug-likeness (QED) is 0.707. The number of hydrogen-bond acceptors (Lipinski definition) is 2. The van der Waals surface area contributed by atoms with Crippen molar-refractivity contribution in [2.45, 2.75) is 25.7 Å². The third-order valence-electron chi connectivity index (χ3n) is 3.42. The Kier molecular flexibility index (Phi) is 2.03. The Balaban J connectivity index is 2.34. The maximum absolute atomic E-state index is 10.2. The highest BCUT2D eigenvalue weighted by molar-refractivity contribution is 5.91. The summed E-state index contributed by atoms with van der Waals surface area (Å²) in [5.41, 5.74) is 2.34. The highest BCUT2D eigenvalue weighted by atomic mass is 16.3. The van der Waals surface area contributed by atoms with Crippen LogP contribution in [0.3, 0.4) is 0 Å². The van der Waals surface area contributed by atoms with Crippen LogP contribution in [0.1, 0.15) is 24.0 Å². The average molecular weight is 214 g/mol. The SMILES string of the molecule is Oc1ccc2c(O)c3c(cc2c1)CCCC3. The molecule has 0 bridgehead atoms. The van der Waals surface area contributed by atoms with Gasteiger partial charge in [-0.3, -0.25) is 0 Å². The van der Waals surface area contributed by atoms with Gasteiger partial charge in [-0.25, -0.2) is 0 Å². The third kappa shape index (κ3) is 1.33. The van der Waals surface area contributed by atoms with Crippen molar-refractivity contribution in [3.05, 3.63) is 35.4 Å². The van der Waals surface area contributed by atoms with Gasteiger partial charge in [-0.1, -0.05) is 6.07 Å². The molecule has 2 N–H and O–H groups in total. The first-order valence-electron chi connectivity index (χ1n) is 5.72. The number of rotatable bonds is 0. The summed E-state index contributed by atoms with van der Waals surface area (Å²) in [6.07, 6.45) is 4.35. The van der Waals surface area contributed by atoms with E-state index in [-0.39, 0.29) is 5.75 Å². The highest BCUT2D eigenvalue weighted by Gasteiger charge is 2.15. The molecule has 0 amide bonds. The maximum atomic E-state index is 10.2. The molecule has 0 spiro atoms. The van der Waals surface area contributed by atoms with Crippen LogP contribution in [0.5, 0.6) is 11.5 Å². The van der Waals surface area contributed by atoms with Gasteiger partial charge in [0.1, 0.15) is 11.5 Å². The van der Waals surface area contributed by atoms with Crippen molar-refractivity contribution in [3.8, 4) is 11.5 Å². The summed E-state index contributed by atoms with van der Waals surface area (Å²) in [7, 11) is 0. The lowest BCUT2D eigenvalue weighted by molar-refractivity contribution is 0.467. The molecule has 0 unspecified atom stereocenters. The van der Waals surface area contributed by atoms with Crippen molar-refractivity contribution < 1.29 is 10.2 Å². The zero-order chi connectivity index (χ0) is 11.1. The summed E-state index contributed by atoms with van der Waals surface area (Å²) in [4.78, 5) is 0. The second kappa shape index (κ2) is 3.41. The van der Waals surface area contributed by atoms with Crippen LogP contribution in [0.2, 0.25) is 0 Å².